The van der Waals surface area contributed by atoms with Crippen molar-refractivity contribution < 1.29 is 47.6 Å². The third kappa shape index (κ3) is 10.2. The van der Waals surface area contributed by atoms with Crippen LogP contribution in [0.15, 0.2) is 46.2 Å². The number of benzene rings is 2. The monoisotopic (exact) mass is 890 g/mol. The molecule has 2 aromatic carbocycles. The Morgan fingerprint density at radius 2 is 0.953 bits per heavy atom. The molecule has 8 rings (SSSR count). The Bertz CT molecular complexity index is 2390. The molecule has 2 aliphatic carbocycles. The topological polar surface area (TPSA) is 208 Å². The molecule has 342 valence electrons. The molecule has 2 aromatic heterocycles. The van der Waals surface area contributed by atoms with Gasteiger partial charge in [-0.1, -0.05) is 0 Å². The largest absolute Gasteiger partial charge is 0.477 e. The van der Waals surface area contributed by atoms with E-state index in [1.54, 1.807) is 21.3 Å². The van der Waals surface area contributed by atoms with Crippen molar-refractivity contribution in [2.75, 3.05) is 115 Å². The van der Waals surface area contributed by atoms with Crippen LogP contribution in [-0.4, -0.2) is 158 Å². The van der Waals surface area contributed by atoms with E-state index in [9.17, 15) is 39.0 Å². The number of carboxylic acids is 2. The second kappa shape index (κ2) is 19.4. The van der Waals surface area contributed by atoms with Gasteiger partial charge < -0.3 is 49.3 Å². The highest BCUT2D eigenvalue weighted by Crippen LogP contribution is 2.39. The first-order valence-corrected chi connectivity index (χ1v) is 21.7. The van der Waals surface area contributed by atoms with E-state index < -0.39 is 34.4 Å². The van der Waals surface area contributed by atoms with Gasteiger partial charge in [-0.25, -0.2) is 18.4 Å². The van der Waals surface area contributed by atoms with Gasteiger partial charge in [-0.2, -0.15) is 0 Å². The fourth-order valence-electron chi connectivity index (χ4n) is 8.48. The molecule has 0 bridgehead atoms. The van der Waals surface area contributed by atoms with Crippen LogP contribution in [0.25, 0.3) is 21.8 Å². The molecule has 0 spiro atoms. The van der Waals surface area contributed by atoms with Crippen LogP contribution in [0.1, 0.15) is 58.5 Å². The number of halogens is 2. The molecule has 4 N–H and O–H groups in total. The molecule has 2 aliphatic heterocycles. The summed E-state index contributed by atoms with van der Waals surface area (Å²) in [6.45, 7) is 6.10. The number of ether oxygens (including phenoxy) is 2. The van der Waals surface area contributed by atoms with Crippen LogP contribution in [-0.2, 0) is 19.1 Å². The fraction of sp³-hybridized carbons (Fsp3) is 0.500. The third-order valence-electron chi connectivity index (χ3n) is 12.2. The zero-order valence-corrected chi connectivity index (χ0v) is 35.4. The number of pyridine rings is 2. The van der Waals surface area contributed by atoms with Crippen LogP contribution in [0.5, 0.6) is 0 Å². The molecule has 2 saturated carbocycles. The summed E-state index contributed by atoms with van der Waals surface area (Å²) in [4.78, 5) is 81.9. The average Bonchev–Trinajstić information content (AvgIpc) is 4.21. The van der Waals surface area contributed by atoms with Crippen molar-refractivity contribution in [1.82, 2.24) is 29.6 Å². The number of amides is 2. The summed E-state index contributed by atoms with van der Waals surface area (Å²) >= 11 is 0. The van der Waals surface area contributed by atoms with E-state index in [0.717, 1.165) is 37.8 Å². The Labute approximate surface area is 365 Å². The Balaban J connectivity index is 0.672. The molecule has 4 fully saturated rings. The fourth-order valence-corrected chi connectivity index (χ4v) is 8.48. The van der Waals surface area contributed by atoms with Crippen LogP contribution < -0.4 is 31.3 Å². The summed E-state index contributed by atoms with van der Waals surface area (Å²) < 4.78 is 45.3. The van der Waals surface area contributed by atoms with Crippen molar-refractivity contribution in [2.24, 2.45) is 0 Å². The first-order chi connectivity index (χ1) is 30.9. The number of hydrogen-bond acceptors (Lipinski definition) is 12. The number of carboxylic acid groups (broad SMARTS) is 2. The first-order valence-electron chi connectivity index (χ1n) is 21.7. The Morgan fingerprint density at radius 1 is 0.578 bits per heavy atom. The maximum atomic E-state index is 15.3. The van der Waals surface area contributed by atoms with Crippen LogP contribution in [0.2, 0.25) is 0 Å². The lowest BCUT2D eigenvalue weighted by Gasteiger charge is -2.36. The number of piperazine rings is 2. The van der Waals surface area contributed by atoms with E-state index in [4.69, 9.17) is 9.47 Å². The van der Waals surface area contributed by atoms with Crippen molar-refractivity contribution >= 4 is 56.9 Å². The van der Waals surface area contributed by atoms with Crippen molar-refractivity contribution in [2.45, 2.75) is 37.8 Å². The predicted molar refractivity (Wildman–Crippen MR) is 232 cm³/mol. The summed E-state index contributed by atoms with van der Waals surface area (Å²) in [5.41, 5.74) is -0.438. The molecular formula is C44H52F2N8O10. The standard InChI is InChI=1S/C44H52F2N8O10/c45-33-19-29-35(53(27-1-2-27)23-31(41(29)57)43(59)60)21-37(33)51-11-7-49(8-12-51)25-39(55)47-5-15-63-17-18-64-16-6-48-40(56)26-50-9-13-52(14-10-50)38-22-36-30(20-34(38)46)42(58)32(44(61)62)24-54(36)28-3-4-28/h19-24,27-28H,1-18,25-26H2,(H,47,55)(H,48,56)(H,59,60)(H,61,62). The van der Waals surface area contributed by atoms with Gasteiger partial charge in [0.25, 0.3) is 0 Å². The normalized spacial score (nSPS) is 17.3. The number of anilines is 2. The van der Waals surface area contributed by atoms with Gasteiger partial charge in [-0.3, -0.25) is 29.0 Å². The number of hydrogen-bond donors (Lipinski definition) is 4. The minimum absolute atomic E-state index is 0.0502. The zero-order valence-electron chi connectivity index (χ0n) is 35.4. The van der Waals surface area contributed by atoms with Gasteiger partial charge in [0.15, 0.2) is 0 Å². The molecular weight excluding hydrogens is 839 g/mol. The summed E-state index contributed by atoms with van der Waals surface area (Å²) in [6, 6.07) is 5.70. The van der Waals surface area contributed by atoms with Gasteiger partial charge in [0.1, 0.15) is 22.8 Å². The SMILES string of the molecule is O=C(CN1CCN(c2cc3c(cc2F)c(=O)c(C(=O)O)cn3C2CC2)CC1)NCCOCCOCCNC(=O)CN1CCN(c2cc3c(cc2F)c(=O)c(C(=O)O)cn3C2CC2)CC1. The number of carbonyl (C=O) groups is 4. The number of aromatic nitrogens is 2. The van der Waals surface area contributed by atoms with Gasteiger partial charge in [-0.05, 0) is 49.9 Å². The lowest BCUT2D eigenvalue weighted by molar-refractivity contribution is -0.123. The molecule has 20 heteroatoms. The predicted octanol–water partition coefficient (Wildman–Crippen LogP) is 1.87. The molecule has 2 amide bonds. The Morgan fingerprint density at radius 3 is 1.30 bits per heavy atom. The highest BCUT2D eigenvalue weighted by molar-refractivity contribution is 5.95. The Kier molecular flexibility index (Phi) is 13.5. The molecule has 4 heterocycles. The summed E-state index contributed by atoms with van der Waals surface area (Å²) in [6.07, 6.45) is 6.16. The lowest BCUT2D eigenvalue weighted by atomic mass is 10.1. The third-order valence-corrected chi connectivity index (χ3v) is 12.2. The van der Waals surface area contributed by atoms with E-state index in [1.807, 2.05) is 19.6 Å². The van der Waals surface area contributed by atoms with E-state index in [1.165, 1.54) is 12.4 Å². The van der Waals surface area contributed by atoms with Gasteiger partial charge in [0.05, 0.1) is 61.9 Å². The molecule has 0 unspecified atom stereocenters. The molecule has 64 heavy (non-hydrogen) atoms. The second-order valence-electron chi connectivity index (χ2n) is 16.7. The van der Waals surface area contributed by atoms with Gasteiger partial charge in [0.2, 0.25) is 22.7 Å². The molecule has 0 radical (unpaired) electrons. The summed E-state index contributed by atoms with van der Waals surface area (Å²) in [5.74, 6) is -4.19. The smallest absolute Gasteiger partial charge is 0.341 e. The number of carbonyl (C=O) groups excluding carboxylic acids is 2. The summed E-state index contributed by atoms with van der Waals surface area (Å²) in [7, 11) is 0. The van der Waals surface area contributed by atoms with Gasteiger partial charge in [0, 0.05) is 101 Å². The van der Waals surface area contributed by atoms with Crippen LogP contribution >= 0.6 is 0 Å². The molecule has 18 nitrogen and oxygen atoms in total. The summed E-state index contributed by atoms with van der Waals surface area (Å²) in [5, 5.41) is 24.8. The van der Waals surface area contributed by atoms with Gasteiger partial charge in [-0.15, -0.1) is 0 Å². The molecule has 4 aromatic rings. The van der Waals surface area contributed by atoms with Crippen molar-refractivity contribution in [3.63, 3.8) is 0 Å². The molecule has 4 aliphatic rings. The first kappa shape index (κ1) is 44.6. The average molecular weight is 891 g/mol. The van der Waals surface area contributed by atoms with Crippen molar-refractivity contribution in [3.8, 4) is 0 Å². The number of fused-ring (bicyclic) bond motifs is 2. The second-order valence-corrected chi connectivity index (χ2v) is 16.7. The number of nitrogens with one attached hydrogen (secondary N) is 2. The van der Waals surface area contributed by atoms with E-state index in [-0.39, 0.29) is 72.1 Å². The van der Waals surface area contributed by atoms with Crippen molar-refractivity contribution in [1.29, 1.82) is 0 Å². The number of rotatable bonds is 19. The van der Waals surface area contributed by atoms with Gasteiger partial charge >= 0.3 is 11.9 Å². The Hall–Kier alpha value is -5.96. The van der Waals surface area contributed by atoms with E-state index in [0.29, 0.717) is 101 Å². The zero-order chi connectivity index (χ0) is 45.1. The number of aromatic carboxylic acids is 2. The van der Waals surface area contributed by atoms with Crippen molar-refractivity contribution in [3.05, 3.63) is 79.9 Å². The highest BCUT2D eigenvalue weighted by atomic mass is 19.1. The number of nitrogens with zero attached hydrogens (tertiary/aromatic N) is 6. The highest BCUT2D eigenvalue weighted by Gasteiger charge is 2.31. The minimum Gasteiger partial charge on any atom is -0.477 e. The quantitative estimate of drug-likeness (QED) is 0.0993. The maximum Gasteiger partial charge on any atom is 0.341 e. The maximum absolute atomic E-state index is 15.3. The molecule has 2 saturated heterocycles. The van der Waals surface area contributed by atoms with Crippen LogP contribution in [0, 0.1) is 11.6 Å². The molecule has 0 atom stereocenters. The van der Waals surface area contributed by atoms with E-state index >= 15 is 8.78 Å². The van der Waals surface area contributed by atoms with E-state index in [2.05, 4.69) is 10.6 Å². The minimum atomic E-state index is -1.34. The van der Waals surface area contributed by atoms with Crippen LogP contribution in [0.3, 0.4) is 0 Å². The van der Waals surface area contributed by atoms with Crippen LogP contribution in [0.4, 0.5) is 20.2 Å². The lowest BCUT2D eigenvalue weighted by Crippen LogP contribution is -2.50.